The Morgan fingerprint density at radius 1 is 1.47 bits per heavy atom. The summed E-state index contributed by atoms with van der Waals surface area (Å²) in [6, 6.07) is 3.86. The summed E-state index contributed by atoms with van der Waals surface area (Å²) in [6.07, 6.45) is 2.76. The first-order valence-electron chi connectivity index (χ1n) is 4.83. The van der Waals surface area contributed by atoms with Crippen molar-refractivity contribution in [2.45, 2.75) is 25.4 Å². The molecule has 0 heterocycles. The van der Waals surface area contributed by atoms with Crippen molar-refractivity contribution < 1.29 is 13.9 Å². The highest BCUT2D eigenvalue weighted by molar-refractivity contribution is 6.30. The molecule has 0 unspecified atom stereocenters. The Morgan fingerprint density at radius 3 is 2.80 bits per heavy atom. The minimum atomic E-state index is -0.625. The van der Waals surface area contributed by atoms with Gasteiger partial charge in [0.05, 0.1) is 5.56 Å². The van der Waals surface area contributed by atoms with Gasteiger partial charge in [0.25, 0.3) is 0 Å². The molecule has 80 valence electrons. The van der Waals surface area contributed by atoms with E-state index in [4.69, 9.17) is 16.3 Å². The average Bonchev–Trinajstić information content (AvgIpc) is 2.15. The van der Waals surface area contributed by atoms with Crippen molar-refractivity contribution in [2.24, 2.45) is 0 Å². The van der Waals surface area contributed by atoms with Gasteiger partial charge in [0, 0.05) is 5.02 Å². The quantitative estimate of drug-likeness (QED) is 0.727. The maximum Gasteiger partial charge on any atom is 0.341 e. The monoisotopic (exact) mass is 228 g/mol. The van der Waals surface area contributed by atoms with Gasteiger partial charge in [-0.25, -0.2) is 9.18 Å². The molecule has 15 heavy (non-hydrogen) atoms. The third-order valence-electron chi connectivity index (χ3n) is 2.47. The van der Waals surface area contributed by atoms with E-state index >= 15 is 0 Å². The molecule has 0 radical (unpaired) electrons. The first-order chi connectivity index (χ1) is 7.16. The maximum atomic E-state index is 13.2. The van der Waals surface area contributed by atoms with Gasteiger partial charge in [-0.15, -0.1) is 0 Å². The van der Waals surface area contributed by atoms with E-state index in [-0.39, 0.29) is 11.7 Å². The number of rotatable bonds is 2. The zero-order valence-electron chi connectivity index (χ0n) is 8.00. The Morgan fingerprint density at radius 2 is 2.20 bits per heavy atom. The summed E-state index contributed by atoms with van der Waals surface area (Å²) < 4.78 is 18.3. The molecule has 2 nitrogen and oxygen atoms in total. The lowest BCUT2D eigenvalue weighted by Gasteiger charge is -2.25. The number of hydrogen-bond acceptors (Lipinski definition) is 2. The van der Waals surface area contributed by atoms with Crippen molar-refractivity contribution in [1.29, 1.82) is 0 Å². The fourth-order valence-electron chi connectivity index (χ4n) is 1.36. The number of benzene rings is 1. The number of carbonyl (C=O) groups is 1. The van der Waals surface area contributed by atoms with E-state index in [1.54, 1.807) is 0 Å². The lowest BCUT2D eigenvalue weighted by molar-refractivity contribution is 0.00854. The second-order valence-electron chi connectivity index (χ2n) is 3.58. The summed E-state index contributed by atoms with van der Waals surface area (Å²) in [4.78, 5) is 11.5. The van der Waals surface area contributed by atoms with Crippen LogP contribution in [0.4, 0.5) is 4.39 Å². The Balaban J connectivity index is 2.12. The van der Waals surface area contributed by atoms with Gasteiger partial charge < -0.3 is 4.74 Å². The standard InChI is InChI=1S/C11H10ClFO2/c12-7-4-5-10(13)9(6-7)11(14)15-8-2-1-3-8/h4-6,8H,1-3H2. The number of halogens is 2. The highest BCUT2D eigenvalue weighted by Gasteiger charge is 2.23. The van der Waals surface area contributed by atoms with Crippen molar-refractivity contribution in [3.05, 3.63) is 34.6 Å². The molecule has 1 aliphatic carbocycles. The average molecular weight is 229 g/mol. The molecule has 2 rings (SSSR count). The van der Waals surface area contributed by atoms with Crippen LogP contribution in [0.3, 0.4) is 0 Å². The van der Waals surface area contributed by atoms with Crippen LogP contribution in [0.1, 0.15) is 29.6 Å². The van der Waals surface area contributed by atoms with Crippen molar-refractivity contribution in [3.63, 3.8) is 0 Å². The topological polar surface area (TPSA) is 26.3 Å². The Labute approximate surface area is 92.0 Å². The summed E-state index contributed by atoms with van der Waals surface area (Å²) in [5.74, 6) is -1.22. The molecule has 0 aromatic heterocycles. The normalized spacial score (nSPS) is 15.9. The number of esters is 1. The summed E-state index contributed by atoms with van der Waals surface area (Å²) in [5, 5.41) is 0.331. The first-order valence-corrected chi connectivity index (χ1v) is 5.20. The van der Waals surface area contributed by atoms with Crippen molar-refractivity contribution in [3.8, 4) is 0 Å². The molecule has 0 N–H and O–H groups in total. The summed E-state index contributed by atoms with van der Waals surface area (Å²) in [5.41, 5.74) is -0.0885. The van der Waals surface area contributed by atoms with Gasteiger partial charge in [-0.3, -0.25) is 0 Å². The Kier molecular flexibility index (Phi) is 2.91. The van der Waals surface area contributed by atoms with E-state index in [0.717, 1.165) is 19.3 Å². The fourth-order valence-corrected chi connectivity index (χ4v) is 1.53. The molecular weight excluding hydrogens is 219 g/mol. The van der Waals surface area contributed by atoms with Gasteiger partial charge in [-0.05, 0) is 37.5 Å². The molecule has 4 heteroatoms. The van der Waals surface area contributed by atoms with Crippen LogP contribution in [0.15, 0.2) is 18.2 Å². The largest absolute Gasteiger partial charge is 0.459 e. The van der Waals surface area contributed by atoms with E-state index in [2.05, 4.69) is 0 Å². The zero-order chi connectivity index (χ0) is 10.8. The molecule has 1 aromatic rings. The molecule has 0 aliphatic heterocycles. The van der Waals surface area contributed by atoms with E-state index in [1.165, 1.54) is 18.2 Å². The van der Waals surface area contributed by atoms with Crippen LogP contribution in [-0.4, -0.2) is 12.1 Å². The van der Waals surface area contributed by atoms with E-state index in [9.17, 15) is 9.18 Å². The molecule has 1 saturated carbocycles. The van der Waals surface area contributed by atoms with Crippen LogP contribution in [0.5, 0.6) is 0 Å². The third-order valence-corrected chi connectivity index (χ3v) is 2.71. The van der Waals surface area contributed by atoms with Crippen molar-refractivity contribution in [1.82, 2.24) is 0 Å². The summed E-state index contributed by atoms with van der Waals surface area (Å²) in [6.45, 7) is 0. The van der Waals surface area contributed by atoms with Gasteiger partial charge in [-0.1, -0.05) is 11.6 Å². The molecule has 0 atom stereocenters. The fraction of sp³-hybridized carbons (Fsp3) is 0.364. The van der Waals surface area contributed by atoms with Gasteiger partial charge in [0.1, 0.15) is 11.9 Å². The molecule has 1 aromatic carbocycles. The SMILES string of the molecule is O=C(OC1CCC1)c1cc(Cl)ccc1F. The summed E-state index contributed by atoms with van der Waals surface area (Å²) in [7, 11) is 0. The van der Waals surface area contributed by atoms with Crippen molar-refractivity contribution >= 4 is 17.6 Å². The molecule has 0 bridgehead atoms. The van der Waals surface area contributed by atoms with Gasteiger partial charge >= 0.3 is 5.97 Å². The minimum Gasteiger partial charge on any atom is -0.459 e. The van der Waals surface area contributed by atoms with E-state index in [1.807, 2.05) is 0 Å². The van der Waals surface area contributed by atoms with Crippen LogP contribution in [0.2, 0.25) is 5.02 Å². The minimum absolute atomic E-state index is 0.0455. The Bertz CT molecular complexity index is 388. The predicted molar refractivity (Wildman–Crippen MR) is 54.5 cm³/mol. The zero-order valence-corrected chi connectivity index (χ0v) is 8.76. The second-order valence-corrected chi connectivity index (χ2v) is 4.02. The molecule has 1 aliphatic rings. The van der Waals surface area contributed by atoms with Crippen LogP contribution in [0, 0.1) is 5.82 Å². The first kappa shape index (κ1) is 10.4. The van der Waals surface area contributed by atoms with E-state index < -0.39 is 11.8 Å². The highest BCUT2D eigenvalue weighted by Crippen LogP contribution is 2.24. The number of carbonyl (C=O) groups excluding carboxylic acids is 1. The van der Waals surface area contributed by atoms with Gasteiger partial charge in [0.15, 0.2) is 0 Å². The Hall–Kier alpha value is -1.09. The molecule has 1 fully saturated rings. The van der Waals surface area contributed by atoms with Gasteiger partial charge in [0.2, 0.25) is 0 Å². The second kappa shape index (κ2) is 4.19. The maximum absolute atomic E-state index is 13.2. The number of hydrogen-bond donors (Lipinski definition) is 0. The van der Waals surface area contributed by atoms with Crippen molar-refractivity contribution in [2.75, 3.05) is 0 Å². The lowest BCUT2D eigenvalue weighted by atomic mass is 9.96. The van der Waals surface area contributed by atoms with Gasteiger partial charge in [-0.2, -0.15) is 0 Å². The predicted octanol–water partition coefficient (Wildman–Crippen LogP) is 3.19. The molecule has 0 spiro atoms. The molecular formula is C11H10ClFO2. The van der Waals surface area contributed by atoms with Crippen LogP contribution < -0.4 is 0 Å². The summed E-state index contributed by atoms with van der Waals surface area (Å²) >= 11 is 5.67. The molecule has 0 amide bonds. The number of ether oxygens (including phenoxy) is 1. The third kappa shape index (κ3) is 2.29. The lowest BCUT2D eigenvalue weighted by Crippen LogP contribution is -2.25. The van der Waals surface area contributed by atoms with Crippen LogP contribution >= 0.6 is 11.6 Å². The van der Waals surface area contributed by atoms with Crippen LogP contribution in [-0.2, 0) is 4.74 Å². The smallest absolute Gasteiger partial charge is 0.341 e. The van der Waals surface area contributed by atoms with E-state index in [0.29, 0.717) is 5.02 Å². The molecule has 0 saturated heterocycles. The highest BCUT2D eigenvalue weighted by atomic mass is 35.5. The van der Waals surface area contributed by atoms with Crippen LogP contribution in [0.25, 0.3) is 0 Å².